The van der Waals surface area contributed by atoms with Crippen molar-refractivity contribution in [2.45, 2.75) is 6.42 Å². The lowest BCUT2D eigenvalue weighted by Gasteiger charge is -2.10. The molecule has 4 aromatic rings. The van der Waals surface area contributed by atoms with Crippen LogP contribution in [0.4, 0.5) is 9.52 Å². The van der Waals surface area contributed by atoms with Gasteiger partial charge in [-0.2, -0.15) is 0 Å². The van der Waals surface area contributed by atoms with Crippen molar-refractivity contribution >= 4 is 22.4 Å². The number of anilines is 1. The van der Waals surface area contributed by atoms with Crippen LogP contribution in [0.25, 0.3) is 0 Å². The van der Waals surface area contributed by atoms with Gasteiger partial charge in [-0.1, -0.05) is 35.6 Å². The van der Waals surface area contributed by atoms with E-state index in [2.05, 4.69) is 20.5 Å². The Labute approximate surface area is 170 Å². The molecule has 0 saturated carbocycles. The second-order valence-electron chi connectivity index (χ2n) is 6.05. The summed E-state index contributed by atoms with van der Waals surface area (Å²) in [6, 6.07) is 16.7. The molecule has 0 unspecified atom stereocenters. The van der Waals surface area contributed by atoms with Crippen LogP contribution in [0.5, 0.6) is 11.5 Å². The number of nitrogens with one attached hydrogen (secondary N) is 1. The number of aromatic nitrogens is 3. The molecule has 2 aromatic heterocycles. The quantitative estimate of drug-likeness (QED) is 0.502. The second kappa shape index (κ2) is 8.57. The summed E-state index contributed by atoms with van der Waals surface area (Å²) in [6.07, 6.45) is 3.65. The van der Waals surface area contributed by atoms with Gasteiger partial charge in [0.15, 0.2) is 0 Å². The third kappa shape index (κ3) is 4.80. The molecule has 2 aromatic carbocycles. The zero-order chi connectivity index (χ0) is 20.1. The molecule has 8 heteroatoms. The van der Waals surface area contributed by atoms with Gasteiger partial charge in [0.2, 0.25) is 5.13 Å². The first-order chi connectivity index (χ1) is 14.2. The molecule has 0 radical (unpaired) electrons. The molecule has 0 fully saturated rings. The van der Waals surface area contributed by atoms with Crippen molar-refractivity contribution in [3.05, 3.63) is 95.0 Å². The first-order valence-corrected chi connectivity index (χ1v) is 9.54. The standard InChI is InChI=1S/C21H15FN4O2S/c22-15-6-3-5-14(11-15)12-19-25-26-21(29-19)24-20(27)17-8-1-2-9-18(17)28-16-7-4-10-23-13-16/h1-11,13H,12H2,(H,24,26,27). The molecular weight excluding hydrogens is 391 g/mol. The Kier molecular flexibility index (Phi) is 5.53. The highest BCUT2D eigenvalue weighted by molar-refractivity contribution is 7.15. The number of carbonyl (C=O) groups excluding carboxylic acids is 1. The lowest BCUT2D eigenvalue weighted by molar-refractivity contribution is 0.102. The van der Waals surface area contributed by atoms with Gasteiger partial charge in [-0.25, -0.2) is 4.39 Å². The van der Waals surface area contributed by atoms with Gasteiger partial charge in [0.05, 0.1) is 11.8 Å². The summed E-state index contributed by atoms with van der Waals surface area (Å²) >= 11 is 1.24. The lowest BCUT2D eigenvalue weighted by atomic mass is 10.1. The van der Waals surface area contributed by atoms with E-state index >= 15 is 0 Å². The summed E-state index contributed by atoms with van der Waals surface area (Å²) in [6.45, 7) is 0. The molecule has 2 heterocycles. The van der Waals surface area contributed by atoms with Gasteiger partial charge in [-0.05, 0) is 42.0 Å². The minimum absolute atomic E-state index is 0.300. The van der Waals surface area contributed by atoms with Crippen LogP contribution in [-0.4, -0.2) is 21.1 Å². The number of ether oxygens (including phenoxy) is 1. The van der Waals surface area contributed by atoms with E-state index in [4.69, 9.17) is 4.74 Å². The summed E-state index contributed by atoms with van der Waals surface area (Å²) in [5.41, 5.74) is 1.15. The molecule has 1 N–H and O–H groups in total. The summed E-state index contributed by atoms with van der Waals surface area (Å²) in [7, 11) is 0. The van der Waals surface area contributed by atoms with E-state index in [0.717, 1.165) is 5.56 Å². The van der Waals surface area contributed by atoms with E-state index in [0.29, 0.717) is 33.6 Å². The predicted octanol–water partition coefficient (Wildman–Crippen LogP) is 4.71. The van der Waals surface area contributed by atoms with E-state index in [1.165, 1.54) is 23.5 Å². The maximum atomic E-state index is 13.3. The number of rotatable bonds is 6. The average molecular weight is 406 g/mol. The average Bonchev–Trinajstić information content (AvgIpc) is 3.16. The summed E-state index contributed by atoms with van der Waals surface area (Å²) < 4.78 is 19.1. The number of para-hydroxylation sites is 1. The fourth-order valence-corrected chi connectivity index (χ4v) is 3.41. The van der Waals surface area contributed by atoms with E-state index < -0.39 is 0 Å². The number of amides is 1. The molecule has 0 saturated heterocycles. The normalized spacial score (nSPS) is 10.5. The zero-order valence-electron chi connectivity index (χ0n) is 15.1. The van der Waals surface area contributed by atoms with Gasteiger partial charge in [-0.15, -0.1) is 10.2 Å². The molecule has 0 aliphatic heterocycles. The smallest absolute Gasteiger partial charge is 0.261 e. The number of pyridine rings is 1. The molecule has 6 nitrogen and oxygen atoms in total. The first kappa shape index (κ1) is 18.7. The minimum atomic E-state index is -0.363. The number of halogens is 1. The number of benzene rings is 2. The van der Waals surface area contributed by atoms with Crippen LogP contribution in [0.1, 0.15) is 20.9 Å². The van der Waals surface area contributed by atoms with Gasteiger partial charge in [0, 0.05) is 12.6 Å². The minimum Gasteiger partial charge on any atom is -0.455 e. The highest BCUT2D eigenvalue weighted by Gasteiger charge is 2.15. The summed E-state index contributed by atoms with van der Waals surface area (Å²) in [5.74, 6) is 0.271. The van der Waals surface area contributed by atoms with Crippen molar-refractivity contribution in [1.82, 2.24) is 15.2 Å². The van der Waals surface area contributed by atoms with Crippen LogP contribution < -0.4 is 10.1 Å². The van der Waals surface area contributed by atoms with Gasteiger partial charge >= 0.3 is 0 Å². The Morgan fingerprint density at radius 1 is 1.07 bits per heavy atom. The fraction of sp³-hybridized carbons (Fsp3) is 0.0476. The van der Waals surface area contributed by atoms with Crippen molar-refractivity contribution in [1.29, 1.82) is 0 Å². The summed E-state index contributed by atoms with van der Waals surface area (Å²) in [5, 5.41) is 11.8. The molecule has 4 rings (SSSR count). The number of carbonyl (C=O) groups is 1. The van der Waals surface area contributed by atoms with Crippen LogP contribution in [0.3, 0.4) is 0 Å². The van der Waals surface area contributed by atoms with Crippen molar-refractivity contribution in [2.24, 2.45) is 0 Å². The van der Waals surface area contributed by atoms with E-state index in [1.807, 2.05) is 6.07 Å². The number of hydrogen-bond acceptors (Lipinski definition) is 6. The molecule has 0 bridgehead atoms. The van der Waals surface area contributed by atoms with Crippen LogP contribution in [-0.2, 0) is 6.42 Å². The van der Waals surface area contributed by atoms with Crippen molar-refractivity contribution < 1.29 is 13.9 Å². The third-order valence-corrected chi connectivity index (χ3v) is 4.76. The predicted molar refractivity (Wildman–Crippen MR) is 108 cm³/mol. The van der Waals surface area contributed by atoms with Crippen LogP contribution in [0.2, 0.25) is 0 Å². The Balaban J connectivity index is 1.47. The largest absolute Gasteiger partial charge is 0.455 e. The maximum Gasteiger partial charge on any atom is 0.261 e. The molecule has 0 aliphatic rings. The summed E-state index contributed by atoms with van der Waals surface area (Å²) in [4.78, 5) is 16.7. The molecule has 0 spiro atoms. The highest BCUT2D eigenvalue weighted by Crippen LogP contribution is 2.26. The monoisotopic (exact) mass is 406 g/mol. The van der Waals surface area contributed by atoms with Gasteiger partial charge in [0.25, 0.3) is 5.91 Å². The fourth-order valence-electron chi connectivity index (χ4n) is 2.64. The number of nitrogens with zero attached hydrogens (tertiary/aromatic N) is 3. The van der Waals surface area contributed by atoms with Crippen LogP contribution in [0, 0.1) is 5.82 Å². The molecule has 1 amide bonds. The van der Waals surface area contributed by atoms with Crippen LogP contribution in [0.15, 0.2) is 73.1 Å². The van der Waals surface area contributed by atoms with Gasteiger partial charge in [0.1, 0.15) is 22.3 Å². The molecule has 0 aliphatic carbocycles. The highest BCUT2D eigenvalue weighted by atomic mass is 32.1. The Morgan fingerprint density at radius 3 is 2.79 bits per heavy atom. The SMILES string of the molecule is O=C(Nc1nnc(Cc2cccc(F)c2)s1)c1ccccc1Oc1cccnc1. The van der Waals surface area contributed by atoms with E-state index in [9.17, 15) is 9.18 Å². The van der Waals surface area contributed by atoms with Gasteiger partial charge < -0.3 is 4.74 Å². The second-order valence-corrected chi connectivity index (χ2v) is 7.11. The van der Waals surface area contributed by atoms with Crippen LogP contribution >= 0.6 is 11.3 Å². The van der Waals surface area contributed by atoms with Crippen molar-refractivity contribution in [3.63, 3.8) is 0 Å². The first-order valence-electron chi connectivity index (χ1n) is 8.72. The zero-order valence-corrected chi connectivity index (χ0v) is 15.9. The Bertz CT molecular complexity index is 1130. The maximum absolute atomic E-state index is 13.3. The molecular formula is C21H15FN4O2S. The third-order valence-electron chi connectivity index (χ3n) is 3.93. The van der Waals surface area contributed by atoms with Crippen molar-refractivity contribution in [2.75, 3.05) is 5.32 Å². The molecule has 0 atom stereocenters. The van der Waals surface area contributed by atoms with Crippen molar-refractivity contribution in [3.8, 4) is 11.5 Å². The van der Waals surface area contributed by atoms with E-state index in [-0.39, 0.29) is 11.7 Å². The number of hydrogen-bond donors (Lipinski definition) is 1. The Morgan fingerprint density at radius 2 is 1.97 bits per heavy atom. The van der Waals surface area contributed by atoms with Gasteiger partial charge in [-0.3, -0.25) is 15.1 Å². The van der Waals surface area contributed by atoms with E-state index in [1.54, 1.807) is 54.9 Å². The lowest BCUT2D eigenvalue weighted by Crippen LogP contribution is -2.12. The molecule has 29 heavy (non-hydrogen) atoms. The molecule has 144 valence electrons. The Hall–Kier alpha value is -3.65. The topological polar surface area (TPSA) is 77.0 Å².